The molecule has 2 aliphatic rings. The number of epoxide rings is 1. The number of rotatable bonds is 5. The van der Waals surface area contributed by atoms with E-state index in [1.54, 1.807) is 7.05 Å². The number of fused-ring (bicyclic) bond motifs is 1. The Hall–Kier alpha value is -2.45. The maximum atomic E-state index is 12.4. The van der Waals surface area contributed by atoms with Gasteiger partial charge in [-0.05, 0) is 41.8 Å². The van der Waals surface area contributed by atoms with Gasteiger partial charge < -0.3 is 15.3 Å². The number of benzene rings is 2. The molecule has 130 valence electrons. The van der Waals surface area contributed by atoms with Gasteiger partial charge in [0.15, 0.2) is 0 Å². The average Bonchev–Trinajstić information content (AvgIpc) is 3.08. The molecule has 0 bridgehead atoms. The van der Waals surface area contributed by atoms with Crippen LogP contribution in [0.4, 0.5) is 11.4 Å². The average molecular weight is 342 g/mol. The minimum absolute atomic E-state index is 0.517. The first-order chi connectivity index (χ1) is 12.0. The van der Waals surface area contributed by atoms with E-state index in [1.807, 2.05) is 43.4 Å². The first-order valence-corrected chi connectivity index (χ1v) is 7.91. The summed E-state index contributed by atoms with van der Waals surface area (Å²) in [4.78, 5) is 22.8. The Balaban J connectivity index is 1.43. The lowest BCUT2D eigenvalue weighted by molar-refractivity contribution is -0.501. The van der Waals surface area contributed by atoms with E-state index in [4.69, 9.17) is 4.74 Å². The van der Waals surface area contributed by atoms with Crippen molar-refractivity contribution in [3.63, 3.8) is 0 Å². The second-order valence-corrected chi connectivity index (χ2v) is 6.12. The van der Waals surface area contributed by atoms with Crippen LogP contribution in [0.3, 0.4) is 0 Å². The molecule has 7 heteroatoms. The largest absolute Gasteiger partial charge is 0.388 e. The third kappa shape index (κ3) is 2.49. The fraction of sp³-hybridized carbons (Fsp3) is 0.278. The van der Waals surface area contributed by atoms with Crippen LogP contribution < -0.4 is 10.2 Å². The van der Waals surface area contributed by atoms with Gasteiger partial charge in [-0.3, -0.25) is 9.53 Å². The van der Waals surface area contributed by atoms with Crippen molar-refractivity contribution in [1.29, 1.82) is 0 Å². The number of anilines is 2. The van der Waals surface area contributed by atoms with E-state index in [0.717, 1.165) is 17.7 Å². The van der Waals surface area contributed by atoms with E-state index >= 15 is 0 Å². The minimum atomic E-state index is -1.93. The molecule has 2 unspecified atom stereocenters. The highest BCUT2D eigenvalue weighted by Gasteiger charge is 2.90. The Morgan fingerprint density at radius 1 is 1.08 bits per heavy atom. The van der Waals surface area contributed by atoms with E-state index in [1.165, 1.54) is 10.5 Å². The number of carbonyl (C=O) groups is 1. The summed E-state index contributed by atoms with van der Waals surface area (Å²) in [6.07, 6.45) is 0.797. The molecule has 25 heavy (non-hydrogen) atoms. The van der Waals surface area contributed by atoms with E-state index in [9.17, 15) is 9.90 Å². The number of ether oxygens (including phenoxy) is 1. The highest BCUT2D eigenvalue weighted by molar-refractivity contribution is 6.00. The molecular formula is C18H18N2O5. The molecule has 0 spiro atoms. The molecule has 0 radical (unpaired) electrons. The van der Waals surface area contributed by atoms with Crippen LogP contribution in [0.1, 0.15) is 11.1 Å². The summed E-state index contributed by atoms with van der Waals surface area (Å²) in [6.45, 7) is 0. The summed E-state index contributed by atoms with van der Waals surface area (Å²) in [5, 5.41) is 12.7. The van der Waals surface area contributed by atoms with Crippen molar-refractivity contribution >= 4 is 17.3 Å². The van der Waals surface area contributed by atoms with E-state index in [0.29, 0.717) is 5.69 Å². The Kier molecular flexibility index (Phi) is 3.55. The predicted molar refractivity (Wildman–Crippen MR) is 89.6 cm³/mol. The molecule has 0 aliphatic carbocycles. The van der Waals surface area contributed by atoms with Gasteiger partial charge in [-0.2, -0.15) is 9.78 Å². The van der Waals surface area contributed by atoms with Crippen LogP contribution in [-0.2, 0) is 25.7 Å². The molecule has 0 saturated carbocycles. The fourth-order valence-corrected chi connectivity index (χ4v) is 2.81. The number of aliphatic hydroxyl groups is 1. The van der Waals surface area contributed by atoms with Gasteiger partial charge in [-0.1, -0.05) is 24.3 Å². The Morgan fingerprint density at radius 3 is 2.12 bits per heavy atom. The van der Waals surface area contributed by atoms with Crippen LogP contribution >= 0.6 is 0 Å². The maximum absolute atomic E-state index is 12.4. The van der Waals surface area contributed by atoms with Crippen LogP contribution in [0.5, 0.6) is 0 Å². The number of hydrogen-bond donors (Lipinski definition) is 2. The van der Waals surface area contributed by atoms with Gasteiger partial charge in [0.1, 0.15) is 0 Å². The van der Waals surface area contributed by atoms with Crippen molar-refractivity contribution in [3.05, 3.63) is 59.7 Å². The van der Waals surface area contributed by atoms with Crippen LogP contribution in [0, 0.1) is 0 Å². The summed E-state index contributed by atoms with van der Waals surface area (Å²) < 4.78 is 4.84. The molecule has 2 atom stereocenters. The zero-order chi connectivity index (χ0) is 17.7. The van der Waals surface area contributed by atoms with Gasteiger partial charge in [0.25, 0.3) is 5.91 Å². The lowest BCUT2D eigenvalue weighted by Crippen LogP contribution is -2.53. The molecule has 2 aromatic carbocycles. The van der Waals surface area contributed by atoms with Crippen LogP contribution in [0.25, 0.3) is 0 Å². The van der Waals surface area contributed by atoms with Crippen molar-refractivity contribution in [1.82, 2.24) is 0 Å². The van der Waals surface area contributed by atoms with Gasteiger partial charge in [-0.15, -0.1) is 0 Å². The second-order valence-electron chi connectivity index (χ2n) is 6.12. The lowest BCUT2D eigenvalue weighted by atomic mass is 10.0. The summed E-state index contributed by atoms with van der Waals surface area (Å²) >= 11 is 0. The zero-order valence-corrected chi connectivity index (χ0v) is 13.9. The van der Waals surface area contributed by atoms with Crippen molar-refractivity contribution in [2.75, 3.05) is 24.3 Å². The lowest BCUT2D eigenvalue weighted by Gasteiger charge is -2.26. The molecule has 0 aromatic heterocycles. The molecule has 4 rings (SSSR count). The summed E-state index contributed by atoms with van der Waals surface area (Å²) in [7, 11) is 3.48. The molecule has 1 amide bonds. The molecule has 2 saturated heterocycles. The van der Waals surface area contributed by atoms with Crippen LogP contribution in [0.15, 0.2) is 48.5 Å². The smallest absolute Gasteiger partial charge is 0.381 e. The highest BCUT2D eigenvalue weighted by Crippen LogP contribution is 2.58. The number of hydrogen-bond acceptors (Lipinski definition) is 6. The molecule has 7 nitrogen and oxygen atoms in total. The topological polar surface area (TPSA) is 83.6 Å². The number of nitrogens with one attached hydrogen (secondary N) is 1. The first-order valence-electron chi connectivity index (χ1n) is 7.91. The normalized spacial score (nSPS) is 26.4. The summed E-state index contributed by atoms with van der Waals surface area (Å²) in [6, 6.07) is 15.8. The van der Waals surface area contributed by atoms with E-state index < -0.39 is 17.7 Å². The number of amides is 1. The summed E-state index contributed by atoms with van der Waals surface area (Å²) in [5.74, 6) is -4.16. The monoisotopic (exact) mass is 342 g/mol. The van der Waals surface area contributed by atoms with Gasteiger partial charge >= 0.3 is 11.8 Å². The van der Waals surface area contributed by atoms with Crippen molar-refractivity contribution in [2.24, 2.45) is 0 Å². The van der Waals surface area contributed by atoms with Crippen molar-refractivity contribution in [2.45, 2.75) is 18.2 Å². The molecule has 2 aromatic rings. The van der Waals surface area contributed by atoms with E-state index in [-0.39, 0.29) is 0 Å². The first kappa shape index (κ1) is 16.0. The van der Waals surface area contributed by atoms with E-state index in [2.05, 4.69) is 27.2 Å². The molecule has 2 fully saturated rings. The second kappa shape index (κ2) is 5.53. The third-order valence-electron chi connectivity index (χ3n) is 4.49. The molecule has 2 aliphatic heterocycles. The van der Waals surface area contributed by atoms with Gasteiger partial charge in [0.05, 0.1) is 0 Å². The molecule has 2 N–H and O–H groups in total. The minimum Gasteiger partial charge on any atom is -0.388 e. The Labute approximate surface area is 144 Å². The quantitative estimate of drug-likeness (QED) is 0.635. The highest BCUT2D eigenvalue weighted by atomic mass is 17.4. The van der Waals surface area contributed by atoms with Gasteiger partial charge in [-0.25, -0.2) is 0 Å². The summed E-state index contributed by atoms with van der Waals surface area (Å²) in [5.41, 5.74) is 4.07. The number of carbonyl (C=O) groups excluding carboxylic acids is 1. The molecular weight excluding hydrogens is 324 g/mol. The fourth-order valence-electron chi connectivity index (χ4n) is 2.81. The SMILES string of the molecule is CNc1ccc(Cc2ccc(N(C)C(=O)C34OOC3(O)O4)cc2)cc1. The maximum Gasteiger partial charge on any atom is 0.381 e. The predicted octanol–water partition coefficient (Wildman–Crippen LogP) is 1.62. The van der Waals surface area contributed by atoms with Gasteiger partial charge in [0.2, 0.25) is 0 Å². The standard InChI is InChI=1S/C18H18N2O5/c1-19-14-7-3-12(4-8-14)11-13-5-9-15(10-6-13)20(2)16(21)17-18(22,23-17)25-24-17/h3-10,19,22H,11H2,1-2H3. The third-order valence-corrected chi connectivity index (χ3v) is 4.49. The Morgan fingerprint density at radius 2 is 1.68 bits per heavy atom. The zero-order valence-electron chi connectivity index (χ0n) is 13.9. The van der Waals surface area contributed by atoms with Gasteiger partial charge in [0, 0.05) is 25.5 Å². The number of nitrogens with zero attached hydrogens (tertiary/aromatic N) is 1. The molecule has 2 heterocycles. The van der Waals surface area contributed by atoms with Crippen LogP contribution in [0.2, 0.25) is 0 Å². The Bertz CT molecular complexity index is 807. The van der Waals surface area contributed by atoms with Crippen LogP contribution in [-0.4, -0.2) is 36.9 Å². The number of likely N-dealkylation sites (N-methyl/N-ethyl adjacent to an activating group) is 1. The van der Waals surface area contributed by atoms with Crippen molar-refractivity contribution in [3.8, 4) is 0 Å². The van der Waals surface area contributed by atoms with Crippen molar-refractivity contribution < 1.29 is 24.4 Å².